The molecule has 2 amide bonds. The summed E-state index contributed by atoms with van der Waals surface area (Å²) in [5.41, 5.74) is 4.37. The van der Waals surface area contributed by atoms with Crippen molar-refractivity contribution in [1.29, 1.82) is 5.26 Å². The number of carbonyl (C=O) groups excluding carboxylic acids is 2. The first-order valence-electron chi connectivity index (χ1n) is 11.8. The largest absolute Gasteiger partial charge is 0.496 e. The van der Waals surface area contributed by atoms with Crippen molar-refractivity contribution in [1.82, 2.24) is 14.5 Å². The van der Waals surface area contributed by atoms with Gasteiger partial charge in [0.1, 0.15) is 23.4 Å². The van der Waals surface area contributed by atoms with Crippen LogP contribution in [0.4, 0.5) is 9.80 Å². The maximum absolute atomic E-state index is 12.7. The number of hydrogen-bond donors (Lipinski definition) is 1. The summed E-state index contributed by atoms with van der Waals surface area (Å²) < 4.78 is 12.7. The molecule has 0 saturated carbocycles. The van der Waals surface area contributed by atoms with Crippen LogP contribution >= 0.6 is 11.3 Å². The average Bonchev–Trinajstić information content (AvgIpc) is 3.44. The zero-order chi connectivity index (χ0) is 25.7. The molecule has 3 aromatic rings. The molecule has 1 aliphatic heterocycles. The Labute approximate surface area is 214 Å². The minimum absolute atomic E-state index is 0.167. The Morgan fingerprint density at radius 1 is 1.31 bits per heavy atom. The summed E-state index contributed by atoms with van der Waals surface area (Å²) in [6.07, 6.45) is 4.55. The Balaban J connectivity index is 1.34. The van der Waals surface area contributed by atoms with Crippen LogP contribution in [0, 0.1) is 25.2 Å². The van der Waals surface area contributed by atoms with Crippen molar-refractivity contribution < 1.29 is 19.1 Å². The molecule has 3 heterocycles. The number of carbonyl (C=O) groups is 2. The molecule has 0 spiro atoms. The van der Waals surface area contributed by atoms with E-state index in [-0.39, 0.29) is 25.0 Å². The first-order valence-corrected chi connectivity index (χ1v) is 12.6. The van der Waals surface area contributed by atoms with Gasteiger partial charge >= 0.3 is 6.09 Å². The number of nitrogens with one attached hydrogen (secondary N) is 1. The van der Waals surface area contributed by atoms with Gasteiger partial charge in [-0.05, 0) is 43.9 Å². The number of nitrogens with zero attached hydrogens (tertiary/aromatic N) is 4. The maximum Gasteiger partial charge on any atom is 0.410 e. The van der Waals surface area contributed by atoms with Crippen molar-refractivity contribution in [2.75, 3.05) is 25.6 Å². The third-order valence-electron chi connectivity index (χ3n) is 6.07. The van der Waals surface area contributed by atoms with Crippen molar-refractivity contribution in [3.8, 4) is 11.8 Å². The summed E-state index contributed by atoms with van der Waals surface area (Å²) in [6.45, 7) is 5.50. The molecule has 188 valence electrons. The van der Waals surface area contributed by atoms with Gasteiger partial charge in [-0.15, -0.1) is 11.3 Å². The lowest BCUT2D eigenvalue weighted by Crippen LogP contribution is -2.36. The third-order valence-corrected chi connectivity index (χ3v) is 7.21. The predicted octanol–water partition coefficient (Wildman–Crippen LogP) is 4.21. The topological polar surface area (TPSA) is 109 Å². The molecule has 0 saturated heterocycles. The number of benzene rings is 1. The SMILES string of the molecule is COc1ccc(C)cc1CCC(=O)Nc1sc2c(c1C#N)CCN(C(=O)OCCn1cnc(C)c1)C2. The number of nitriles is 1. The molecule has 0 bridgehead atoms. The molecule has 36 heavy (non-hydrogen) atoms. The van der Waals surface area contributed by atoms with Crippen molar-refractivity contribution in [3.63, 3.8) is 0 Å². The second kappa shape index (κ2) is 11.3. The van der Waals surface area contributed by atoms with Crippen LogP contribution < -0.4 is 10.1 Å². The van der Waals surface area contributed by atoms with Crippen molar-refractivity contribution >= 4 is 28.3 Å². The van der Waals surface area contributed by atoms with E-state index in [1.54, 1.807) is 18.3 Å². The molecule has 0 fully saturated rings. The molecule has 0 atom stereocenters. The number of aryl methyl sites for hydroxylation is 3. The number of anilines is 1. The highest BCUT2D eigenvalue weighted by molar-refractivity contribution is 7.16. The number of methoxy groups -OCH3 is 1. The third kappa shape index (κ3) is 5.86. The first kappa shape index (κ1) is 25.3. The van der Waals surface area contributed by atoms with Crippen molar-refractivity contribution in [2.45, 2.75) is 46.2 Å². The van der Waals surface area contributed by atoms with Crippen LogP contribution in [0.5, 0.6) is 5.75 Å². The minimum Gasteiger partial charge on any atom is -0.496 e. The monoisotopic (exact) mass is 507 g/mol. The molecular weight excluding hydrogens is 478 g/mol. The minimum atomic E-state index is -0.387. The van der Waals surface area contributed by atoms with Crippen LogP contribution in [-0.2, 0) is 35.5 Å². The van der Waals surface area contributed by atoms with Crippen LogP contribution in [0.15, 0.2) is 30.7 Å². The van der Waals surface area contributed by atoms with Gasteiger partial charge < -0.3 is 24.3 Å². The highest BCUT2D eigenvalue weighted by Crippen LogP contribution is 2.37. The number of amides is 2. The molecule has 1 aliphatic rings. The Morgan fingerprint density at radius 3 is 2.86 bits per heavy atom. The molecule has 9 nitrogen and oxygen atoms in total. The molecule has 1 N–H and O–H groups in total. The van der Waals surface area contributed by atoms with E-state index < -0.39 is 0 Å². The normalized spacial score (nSPS) is 12.6. The Hall–Kier alpha value is -3.84. The van der Waals surface area contributed by atoms with Crippen LogP contribution in [0.25, 0.3) is 0 Å². The lowest BCUT2D eigenvalue weighted by molar-refractivity contribution is -0.116. The summed E-state index contributed by atoms with van der Waals surface area (Å²) in [6, 6.07) is 8.13. The number of aromatic nitrogens is 2. The van der Waals surface area contributed by atoms with Crippen LogP contribution in [0.2, 0.25) is 0 Å². The standard InChI is InChI=1S/C26H29N5O4S/c1-17-4-6-22(34-3)19(12-17)5-7-24(32)29-25-21(13-27)20-8-9-31(15-23(20)36-25)26(33)35-11-10-30-14-18(2)28-16-30/h4,6,12,14,16H,5,7-11,15H2,1-3H3,(H,29,32). The van der Waals surface area contributed by atoms with Gasteiger partial charge in [0.15, 0.2) is 0 Å². The van der Waals surface area contributed by atoms with Gasteiger partial charge in [0.2, 0.25) is 5.91 Å². The summed E-state index contributed by atoms with van der Waals surface area (Å²) in [5, 5.41) is 13.2. The van der Waals surface area contributed by atoms with Crippen LogP contribution in [0.1, 0.15) is 39.2 Å². The van der Waals surface area contributed by atoms with Crippen LogP contribution in [-0.4, -0.2) is 46.7 Å². The number of rotatable bonds is 8. The Bertz CT molecular complexity index is 1310. The zero-order valence-corrected chi connectivity index (χ0v) is 21.5. The Morgan fingerprint density at radius 2 is 2.14 bits per heavy atom. The van der Waals surface area contributed by atoms with E-state index in [1.807, 2.05) is 42.8 Å². The fourth-order valence-electron chi connectivity index (χ4n) is 4.23. The van der Waals surface area contributed by atoms with E-state index in [9.17, 15) is 14.9 Å². The van der Waals surface area contributed by atoms with E-state index in [0.717, 1.165) is 33.0 Å². The fraction of sp³-hybridized carbons (Fsp3) is 0.385. The molecule has 1 aromatic carbocycles. The summed E-state index contributed by atoms with van der Waals surface area (Å²) in [7, 11) is 1.61. The number of hydrogen-bond acceptors (Lipinski definition) is 7. The number of ether oxygens (including phenoxy) is 2. The number of imidazole rings is 1. The van der Waals surface area contributed by atoms with Gasteiger partial charge in [-0.25, -0.2) is 9.78 Å². The predicted molar refractivity (Wildman–Crippen MR) is 136 cm³/mol. The van der Waals surface area contributed by atoms with Gasteiger partial charge in [0.05, 0.1) is 37.8 Å². The summed E-state index contributed by atoms with van der Waals surface area (Å²) >= 11 is 1.35. The maximum atomic E-state index is 12.7. The molecule has 0 radical (unpaired) electrons. The van der Waals surface area contributed by atoms with Crippen LogP contribution in [0.3, 0.4) is 0 Å². The highest BCUT2D eigenvalue weighted by atomic mass is 32.1. The Kier molecular flexibility index (Phi) is 7.90. The zero-order valence-electron chi connectivity index (χ0n) is 20.7. The number of thiophene rings is 1. The molecule has 4 rings (SSSR count). The fourth-order valence-corrected chi connectivity index (χ4v) is 5.46. The van der Waals surface area contributed by atoms with Gasteiger partial charge in [-0.3, -0.25) is 4.79 Å². The molecular formula is C26H29N5O4S. The molecule has 2 aromatic heterocycles. The van der Waals surface area contributed by atoms with Gasteiger partial charge in [0.25, 0.3) is 0 Å². The van der Waals surface area contributed by atoms with E-state index in [2.05, 4.69) is 16.4 Å². The van der Waals surface area contributed by atoms with Gasteiger partial charge in [0, 0.05) is 24.0 Å². The second-order valence-corrected chi connectivity index (χ2v) is 9.83. The van der Waals surface area contributed by atoms with E-state index in [4.69, 9.17) is 9.47 Å². The molecule has 0 aliphatic carbocycles. The van der Waals surface area contributed by atoms with Gasteiger partial charge in [-0.2, -0.15) is 5.26 Å². The van der Waals surface area contributed by atoms with E-state index in [1.165, 1.54) is 11.3 Å². The lowest BCUT2D eigenvalue weighted by atomic mass is 10.0. The number of fused-ring (bicyclic) bond motifs is 1. The molecule has 0 unspecified atom stereocenters. The molecule has 10 heteroatoms. The van der Waals surface area contributed by atoms with E-state index in [0.29, 0.717) is 43.0 Å². The average molecular weight is 508 g/mol. The second-order valence-electron chi connectivity index (χ2n) is 8.72. The van der Waals surface area contributed by atoms with Crippen molar-refractivity contribution in [2.24, 2.45) is 0 Å². The lowest BCUT2D eigenvalue weighted by Gasteiger charge is -2.26. The van der Waals surface area contributed by atoms with Crippen molar-refractivity contribution in [3.05, 3.63) is 63.5 Å². The summed E-state index contributed by atoms with van der Waals surface area (Å²) in [4.78, 5) is 32.0. The first-order chi connectivity index (χ1) is 17.4. The highest BCUT2D eigenvalue weighted by Gasteiger charge is 2.28. The smallest absolute Gasteiger partial charge is 0.410 e. The quantitative estimate of drug-likeness (QED) is 0.489. The van der Waals surface area contributed by atoms with Gasteiger partial charge in [-0.1, -0.05) is 17.7 Å². The summed E-state index contributed by atoms with van der Waals surface area (Å²) in [5.74, 6) is 0.587. The van der Waals surface area contributed by atoms with E-state index >= 15 is 0 Å².